The molecule has 2 aliphatic heterocycles. The number of rotatable bonds is 3. The highest BCUT2D eigenvalue weighted by atomic mass is 32.2. The van der Waals surface area contributed by atoms with E-state index >= 15 is 0 Å². The van der Waals surface area contributed by atoms with Gasteiger partial charge in [0.25, 0.3) is 5.84 Å². The number of nitrogens with zero attached hydrogens (tertiary/aromatic N) is 3. The molecule has 1 aliphatic carbocycles. The molecule has 8 heteroatoms. The summed E-state index contributed by atoms with van der Waals surface area (Å²) in [5, 5.41) is 12.0. The average molecular weight is 357 g/mol. The summed E-state index contributed by atoms with van der Waals surface area (Å²) < 4.78 is 37.4. The fraction of sp³-hybridized carbons (Fsp3) is 0.875. The third kappa shape index (κ3) is 4.20. The van der Waals surface area contributed by atoms with Crippen molar-refractivity contribution in [2.24, 2.45) is 4.40 Å². The maximum absolute atomic E-state index is 12.6. The van der Waals surface area contributed by atoms with E-state index in [2.05, 4.69) is 8.97 Å². The molecule has 2 heterocycles. The van der Waals surface area contributed by atoms with E-state index in [1.54, 1.807) is 0 Å². The second-order valence-electron chi connectivity index (χ2n) is 6.85. The van der Waals surface area contributed by atoms with Gasteiger partial charge in [-0.05, 0) is 32.1 Å². The summed E-state index contributed by atoms with van der Waals surface area (Å²) in [5.41, 5.74) is 0. The van der Waals surface area contributed by atoms with Gasteiger partial charge in [0, 0.05) is 18.9 Å². The summed E-state index contributed by atoms with van der Waals surface area (Å²) in [6.07, 6.45) is 8.28. The predicted octanol–water partition coefficient (Wildman–Crippen LogP) is 0.987. The monoisotopic (exact) mass is 357 g/mol. The van der Waals surface area contributed by atoms with Crippen molar-refractivity contribution < 1.29 is 22.8 Å². The zero-order chi connectivity index (χ0) is 17.0. The van der Waals surface area contributed by atoms with Crippen LogP contribution in [0.25, 0.3) is 0 Å². The minimum atomic E-state index is -4.01. The largest absolute Gasteiger partial charge is 0.596 e. The van der Waals surface area contributed by atoms with Crippen molar-refractivity contribution in [3.05, 3.63) is 0 Å². The first-order chi connectivity index (χ1) is 11.6. The molecule has 0 spiro atoms. The van der Waals surface area contributed by atoms with E-state index in [9.17, 15) is 13.5 Å². The van der Waals surface area contributed by atoms with Gasteiger partial charge in [0.05, 0.1) is 13.1 Å². The first-order valence-corrected chi connectivity index (χ1v) is 10.5. The van der Waals surface area contributed by atoms with Crippen LogP contribution in [0.2, 0.25) is 0 Å². The molecular formula is C16H27N3O4S. The molecule has 0 atom stereocenters. The molecule has 0 bridgehead atoms. The van der Waals surface area contributed by atoms with Crippen LogP contribution in [-0.4, -0.2) is 55.0 Å². The van der Waals surface area contributed by atoms with Crippen molar-refractivity contribution in [3.8, 4) is 0 Å². The standard InChI is InChI=1S/C16H27N3O4S/c20-16(23-14-8-3-1-4-9-14)17-24(21,22)19-13-7-12-18-11-6-2-5-10-15(18)19/h14H,1-13H2. The molecule has 0 saturated heterocycles. The molecule has 0 radical (unpaired) electrons. The van der Waals surface area contributed by atoms with Crippen LogP contribution in [0.3, 0.4) is 0 Å². The zero-order valence-electron chi connectivity index (χ0n) is 14.2. The van der Waals surface area contributed by atoms with Crippen molar-refractivity contribution in [3.63, 3.8) is 0 Å². The number of ether oxygens (including phenoxy) is 1. The molecule has 3 rings (SSSR count). The molecule has 0 unspecified atom stereocenters. The second kappa shape index (κ2) is 7.72. The van der Waals surface area contributed by atoms with Crippen molar-refractivity contribution >= 4 is 22.1 Å². The van der Waals surface area contributed by atoms with Crippen LogP contribution in [0.4, 0.5) is 0 Å². The van der Waals surface area contributed by atoms with Crippen molar-refractivity contribution in [1.82, 2.24) is 4.31 Å². The maximum Gasteiger partial charge on any atom is 0.419 e. The minimum absolute atomic E-state index is 0.186. The van der Waals surface area contributed by atoms with E-state index in [0.29, 0.717) is 6.54 Å². The summed E-state index contributed by atoms with van der Waals surface area (Å²) in [7, 11) is -4.01. The zero-order valence-corrected chi connectivity index (χ0v) is 15.0. The highest BCUT2D eigenvalue weighted by molar-refractivity contribution is 7.88. The third-order valence-corrected chi connectivity index (χ3v) is 6.39. The Kier molecular flexibility index (Phi) is 5.63. The van der Waals surface area contributed by atoms with E-state index < -0.39 is 16.3 Å². The highest BCUT2D eigenvalue weighted by Crippen LogP contribution is 2.21. The van der Waals surface area contributed by atoms with E-state index in [1.807, 2.05) is 0 Å². The first kappa shape index (κ1) is 17.5. The number of hydrogen-bond donors (Lipinski definition) is 0. The van der Waals surface area contributed by atoms with Gasteiger partial charge in [0.2, 0.25) is 0 Å². The average Bonchev–Trinajstić information content (AvgIpc) is 2.80. The minimum Gasteiger partial charge on any atom is -0.596 e. The molecular weight excluding hydrogens is 330 g/mol. The Labute approximate surface area is 144 Å². The summed E-state index contributed by atoms with van der Waals surface area (Å²) in [6.45, 7) is 2.16. The van der Waals surface area contributed by atoms with Crippen molar-refractivity contribution in [1.29, 1.82) is 0 Å². The Balaban J connectivity index is 1.74. The number of hydrogen-bond acceptors (Lipinski definition) is 4. The third-order valence-electron chi connectivity index (χ3n) is 5.06. The lowest BCUT2D eigenvalue weighted by Gasteiger charge is -2.29. The van der Waals surface area contributed by atoms with Crippen molar-refractivity contribution in [2.75, 3.05) is 19.6 Å². The van der Waals surface area contributed by atoms with Gasteiger partial charge in [-0.3, -0.25) is 4.58 Å². The Bertz CT molecular complexity index is 609. The van der Waals surface area contributed by atoms with Gasteiger partial charge in [0.15, 0.2) is 6.08 Å². The Morgan fingerprint density at radius 1 is 1.08 bits per heavy atom. The maximum atomic E-state index is 12.6. The van der Waals surface area contributed by atoms with Crippen LogP contribution < -0.4 is 5.11 Å². The summed E-state index contributed by atoms with van der Waals surface area (Å²) in [6, 6.07) is 0. The van der Waals surface area contributed by atoms with Gasteiger partial charge in [-0.1, -0.05) is 19.3 Å². The predicted molar refractivity (Wildman–Crippen MR) is 89.1 cm³/mol. The van der Waals surface area contributed by atoms with E-state index in [-0.39, 0.29) is 6.10 Å². The van der Waals surface area contributed by atoms with Gasteiger partial charge in [0.1, 0.15) is 6.54 Å². The lowest BCUT2D eigenvalue weighted by atomic mass is 9.98. The van der Waals surface area contributed by atoms with Crippen LogP contribution in [0.1, 0.15) is 64.2 Å². The summed E-state index contributed by atoms with van der Waals surface area (Å²) in [4.78, 5) is 0. The molecule has 24 heavy (non-hydrogen) atoms. The molecule has 0 aromatic rings. The van der Waals surface area contributed by atoms with Crippen LogP contribution in [0, 0.1) is 0 Å². The lowest BCUT2D eigenvalue weighted by molar-refractivity contribution is -0.537. The smallest absolute Gasteiger partial charge is 0.419 e. The van der Waals surface area contributed by atoms with E-state index in [1.165, 1.54) is 4.31 Å². The molecule has 1 saturated carbocycles. The quantitative estimate of drug-likeness (QED) is 0.428. The molecule has 7 nitrogen and oxygen atoms in total. The molecule has 0 N–H and O–H groups in total. The highest BCUT2D eigenvalue weighted by Gasteiger charge is 2.37. The number of amidine groups is 1. The second-order valence-corrected chi connectivity index (χ2v) is 8.37. The SMILES string of the molecule is O=S(=O)(/N=C(\[O-])OC1CCCCC1)N1CCC[N+]2=C1CCCCC2. The van der Waals surface area contributed by atoms with Gasteiger partial charge < -0.3 is 9.84 Å². The van der Waals surface area contributed by atoms with Gasteiger partial charge in [-0.25, -0.2) is 0 Å². The Morgan fingerprint density at radius 2 is 1.79 bits per heavy atom. The summed E-state index contributed by atoms with van der Waals surface area (Å²) in [5.74, 6) is 0.799. The Morgan fingerprint density at radius 3 is 2.58 bits per heavy atom. The van der Waals surface area contributed by atoms with Gasteiger partial charge in [-0.15, -0.1) is 8.70 Å². The Hall–Kier alpha value is -1.31. The first-order valence-electron chi connectivity index (χ1n) is 9.13. The summed E-state index contributed by atoms with van der Waals surface area (Å²) >= 11 is 0. The van der Waals surface area contributed by atoms with E-state index in [0.717, 1.165) is 83.1 Å². The van der Waals surface area contributed by atoms with Gasteiger partial charge in [-0.2, -0.15) is 8.42 Å². The topological polar surface area (TPSA) is 85.0 Å². The van der Waals surface area contributed by atoms with Crippen LogP contribution in [0.5, 0.6) is 0 Å². The molecule has 0 aromatic heterocycles. The fourth-order valence-electron chi connectivity index (χ4n) is 3.85. The van der Waals surface area contributed by atoms with Crippen LogP contribution in [-0.2, 0) is 14.9 Å². The molecule has 3 aliphatic rings. The van der Waals surface area contributed by atoms with E-state index in [4.69, 9.17) is 4.74 Å². The molecule has 1 fully saturated rings. The van der Waals surface area contributed by atoms with Crippen LogP contribution >= 0.6 is 0 Å². The lowest BCUT2D eigenvalue weighted by Crippen LogP contribution is -2.47. The molecule has 0 amide bonds. The van der Waals surface area contributed by atoms with Crippen molar-refractivity contribution in [2.45, 2.75) is 70.3 Å². The molecule has 136 valence electrons. The fourth-order valence-corrected chi connectivity index (χ4v) is 5.01. The van der Waals surface area contributed by atoms with Gasteiger partial charge >= 0.3 is 10.2 Å². The van der Waals surface area contributed by atoms with Crippen LogP contribution in [0.15, 0.2) is 4.40 Å². The molecule has 0 aromatic carbocycles. The normalized spacial score (nSPS) is 24.5.